The van der Waals surface area contributed by atoms with E-state index < -0.39 is 5.92 Å². The third-order valence-corrected chi connectivity index (χ3v) is 5.93. The summed E-state index contributed by atoms with van der Waals surface area (Å²) in [4.78, 5) is 6.98. The summed E-state index contributed by atoms with van der Waals surface area (Å²) in [6.45, 7) is 2.70. The summed E-state index contributed by atoms with van der Waals surface area (Å²) in [6.07, 6.45) is 0.690. The van der Waals surface area contributed by atoms with E-state index in [2.05, 4.69) is 30.3 Å². The maximum absolute atomic E-state index is 13.3. The lowest BCUT2D eigenvalue weighted by atomic mass is 10.0. The van der Waals surface area contributed by atoms with Gasteiger partial charge in [-0.05, 0) is 24.1 Å². The van der Waals surface area contributed by atoms with Gasteiger partial charge in [-0.1, -0.05) is 72.8 Å². The van der Waals surface area contributed by atoms with Crippen molar-refractivity contribution in [1.82, 2.24) is 4.90 Å². The largest absolute Gasteiger partial charge is 0.492 e. The fourth-order valence-electron chi connectivity index (χ4n) is 4.03. The van der Waals surface area contributed by atoms with Gasteiger partial charge in [0.25, 0.3) is 5.92 Å². The first-order valence-corrected chi connectivity index (χ1v) is 11.6. The molecule has 1 fully saturated rings. The van der Waals surface area contributed by atoms with Crippen molar-refractivity contribution in [3.8, 4) is 5.75 Å². The number of halogens is 2. The van der Waals surface area contributed by atoms with Crippen LogP contribution in [0, 0.1) is 0 Å². The number of rotatable bonds is 9. The van der Waals surface area contributed by atoms with Gasteiger partial charge in [-0.15, -0.1) is 0 Å². The molecule has 1 heterocycles. The number of ether oxygens (including phenoxy) is 1. The van der Waals surface area contributed by atoms with Crippen LogP contribution >= 0.6 is 0 Å². The van der Waals surface area contributed by atoms with E-state index in [1.165, 1.54) is 0 Å². The van der Waals surface area contributed by atoms with Crippen LogP contribution in [-0.2, 0) is 6.42 Å². The second-order valence-electron chi connectivity index (χ2n) is 8.41. The number of piperidine rings is 1. The summed E-state index contributed by atoms with van der Waals surface area (Å²) in [5, 5.41) is 0. The van der Waals surface area contributed by atoms with Crippen molar-refractivity contribution >= 4 is 5.71 Å². The Morgan fingerprint density at radius 2 is 1.48 bits per heavy atom. The van der Waals surface area contributed by atoms with Gasteiger partial charge in [0.1, 0.15) is 12.4 Å². The molecule has 0 bridgehead atoms. The molecular weight excluding hydrogens is 418 g/mol. The van der Waals surface area contributed by atoms with Gasteiger partial charge in [0.15, 0.2) is 0 Å². The first-order chi connectivity index (χ1) is 16.1. The molecule has 0 radical (unpaired) electrons. The fourth-order valence-corrected chi connectivity index (χ4v) is 4.03. The Morgan fingerprint density at radius 3 is 2.12 bits per heavy atom. The van der Waals surface area contributed by atoms with Crippen LogP contribution in [0.4, 0.5) is 8.78 Å². The van der Waals surface area contributed by atoms with Crippen molar-refractivity contribution in [2.45, 2.75) is 25.2 Å². The standard InChI is InChI=1S/C28H30F2N2O/c29-28(30)15-18-32(19-16-28)20-21-33-26-13-7-8-23(22-26)14-17-31-27(24-9-3-1-4-10-24)25-11-5-2-6-12-25/h1-13,22H,14-21H2. The van der Waals surface area contributed by atoms with Gasteiger partial charge in [0, 0.05) is 50.1 Å². The molecule has 0 atom stereocenters. The summed E-state index contributed by atoms with van der Waals surface area (Å²) in [5.74, 6) is -1.69. The van der Waals surface area contributed by atoms with E-state index in [0.717, 1.165) is 34.6 Å². The van der Waals surface area contributed by atoms with E-state index in [1.807, 2.05) is 59.5 Å². The molecule has 0 N–H and O–H groups in total. The predicted octanol–water partition coefficient (Wildman–Crippen LogP) is 5.88. The molecule has 1 saturated heterocycles. The van der Waals surface area contributed by atoms with Crippen molar-refractivity contribution in [2.75, 3.05) is 32.8 Å². The summed E-state index contributed by atoms with van der Waals surface area (Å²) >= 11 is 0. The Morgan fingerprint density at radius 1 is 0.848 bits per heavy atom. The quantitative estimate of drug-likeness (QED) is 0.382. The molecule has 3 aromatic rings. The van der Waals surface area contributed by atoms with Crippen LogP contribution in [0.1, 0.15) is 29.5 Å². The van der Waals surface area contributed by atoms with Gasteiger partial charge in [-0.25, -0.2) is 8.78 Å². The van der Waals surface area contributed by atoms with Crippen LogP contribution in [0.25, 0.3) is 0 Å². The molecule has 0 amide bonds. The number of likely N-dealkylation sites (tertiary alicyclic amines) is 1. The molecule has 3 aromatic carbocycles. The van der Waals surface area contributed by atoms with Gasteiger partial charge in [0.05, 0.1) is 5.71 Å². The SMILES string of the molecule is FC1(F)CCN(CCOc2cccc(CCN=C(c3ccccc3)c3ccccc3)c2)CC1. The molecule has 0 aliphatic carbocycles. The maximum Gasteiger partial charge on any atom is 0.250 e. The lowest BCUT2D eigenvalue weighted by Gasteiger charge is -2.31. The maximum atomic E-state index is 13.3. The van der Waals surface area contributed by atoms with Crippen molar-refractivity contribution in [3.05, 3.63) is 102 Å². The van der Waals surface area contributed by atoms with E-state index in [0.29, 0.717) is 32.8 Å². The van der Waals surface area contributed by atoms with E-state index in [9.17, 15) is 8.78 Å². The molecular formula is C28H30F2N2O. The van der Waals surface area contributed by atoms with Crippen molar-refractivity contribution in [3.63, 3.8) is 0 Å². The Kier molecular flexibility index (Phi) is 7.84. The molecule has 0 spiro atoms. The lowest BCUT2D eigenvalue weighted by Crippen LogP contribution is -2.41. The molecule has 4 rings (SSSR count). The topological polar surface area (TPSA) is 24.8 Å². The minimum atomic E-state index is -2.50. The zero-order valence-electron chi connectivity index (χ0n) is 18.8. The summed E-state index contributed by atoms with van der Waals surface area (Å²) < 4.78 is 32.5. The van der Waals surface area contributed by atoms with Gasteiger partial charge < -0.3 is 4.74 Å². The first kappa shape index (κ1) is 23.1. The van der Waals surface area contributed by atoms with Gasteiger partial charge >= 0.3 is 0 Å². The summed E-state index contributed by atoms with van der Waals surface area (Å²) in [7, 11) is 0. The second kappa shape index (κ2) is 11.2. The number of alkyl halides is 2. The highest BCUT2D eigenvalue weighted by atomic mass is 19.3. The highest BCUT2D eigenvalue weighted by Gasteiger charge is 2.33. The van der Waals surface area contributed by atoms with Gasteiger partial charge in [-0.2, -0.15) is 0 Å². The molecule has 1 aliphatic rings. The molecule has 3 nitrogen and oxygen atoms in total. The highest BCUT2D eigenvalue weighted by molar-refractivity contribution is 6.12. The Hall–Kier alpha value is -3.05. The first-order valence-electron chi connectivity index (χ1n) is 11.6. The summed E-state index contributed by atoms with van der Waals surface area (Å²) in [6, 6.07) is 28.6. The third-order valence-electron chi connectivity index (χ3n) is 5.93. The molecule has 0 saturated carbocycles. The Bertz CT molecular complexity index is 987. The van der Waals surface area contributed by atoms with Crippen LogP contribution in [0.3, 0.4) is 0 Å². The van der Waals surface area contributed by atoms with E-state index in [-0.39, 0.29) is 12.8 Å². The van der Waals surface area contributed by atoms with Crippen LogP contribution in [0.5, 0.6) is 5.75 Å². The van der Waals surface area contributed by atoms with E-state index >= 15 is 0 Å². The molecule has 172 valence electrons. The predicted molar refractivity (Wildman–Crippen MR) is 130 cm³/mol. The fraction of sp³-hybridized carbons (Fsp3) is 0.321. The van der Waals surface area contributed by atoms with Crippen molar-refractivity contribution in [1.29, 1.82) is 0 Å². The number of benzene rings is 3. The number of hydrogen-bond acceptors (Lipinski definition) is 3. The Labute approximate surface area is 194 Å². The number of aliphatic imine (C=N–C) groups is 1. The number of nitrogens with zero attached hydrogens (tertiary/aromatic N) is 2. The van der Waals surface area contributed by atoms with Gasteiger partial charge in [0.2, 0.25) is 0 Å². The smallest absolute Gasteiger partial charge is 0.250 e. The molecule has 0 aromatic heterocycles. The van der Waals surface area contributed by atoms with Crippen LogP contribution in [0.15, 0.2) is 89.9 Å². The second-order valence-corrected chi connectivity index (χ2v) is 8.41. The molecule has 5 heteroatoms. The average molecular weight is 449 g/mol. The van der Waals surface area contributed by atoms with Crippen LogP contribution in [0.2, 0.25) is 0 Å². The normalized spacial score (nSPS) is 15.7. The zero-order valence-corrected chi connectivity index (χ0v) is 18.8. The van der Waals surface area contributed by atoms with E-state index in [1.54, 1.807) is 0 Å². The lowest BCUT2D eigenvalue weighted by molar-refractivity contribution is -0.0564. The Balaban J connectivity index is 1.32. The summed E-state index contributed by atoms with van der Waals surface area (Å²) in [5.41, 5.74) is 4.37. The average Bonchev–Trinajstić information content (AvgIpc) is 2.84. The monoisotopic (exact) mass is 448 g/mol. The van der Waals surface area contributed by atoms with E-state index in [4.69, 9.17) is 9.73 Å². The molecule has 0 unspecified atom stereocenters. The van der Waals surface area contributed by atoms with Crippen molar-refractivity contribution in [2.24, 2.45) is 4.99 Å². The van der Waals surface area contributed by atoms with Crippen LogP contribution < -0.4 is 4.74 Å². The minimum Gasteiger partial charge on any atom is -0.492 e. The van der Waals surface area contributed by atoms with Gasteiger partial charge in [-0.3, -0.25) is 9.89 Å². The highest BCUT2D eigenvalue weighted by Crippen LogP contribution is 2.27. The van der Waals surface area contributed by atoms with Crippen molar-refractivity contribution < 1.29 is 13.5 Å². The third kappa shape index (κ3) is 6.96. The molecule has 33 heavy (non-hydrogen) atoms. The van der Waals surface area contributed by atoms with Crippen LogP contribution in [-0.4, -0.2) is 49.3 Å². The molecule has 1 aliphatic heterocycles. The number of hydrogen-bond donors (Lipinski definition) is 0. The minimum absolute atomic E-state index is 0.0586. The zero-order chi connectivity index (χ0) is 22.9.